The van der Waals surface area contributed by atoms with E-state index in [-0.39, 0.29) is 12.3 Å². The van der Waals surface area contributed by atoms with Gasteiger partial charge in [0.05, 0.1) is 6.10 Å². The summed E-state index contributed by atoms with van der Waals surface area (Å²) in [5, 5.41) is 12.4. The van der Waals surface area contributed by atoms with Gasteiger partial charge in [-0.15, -0.1) is 0 Å². The molecule has 6 nitrogen and oxygen atoms in total. The molecule has 1 amide bonds. The molecule has 0 spiro atoms. The largest absolute Gasteiger partial charge is 0.451 e. The summed E-state index contributed by atoms with van der Waals surface area (Å²) in [6, 6.07) is 7.49. The normalized spacial score (nSPS) is 11.9. The van der Waals surface area contributed by atoms with Crippen LogP contribution in [0.2, 0.25) is 0 Å². The molecule has 1 heterocycles. The molecule has 0 aliphatic rings. The van der Waals surface area contributed by atoms with Gasteiger partial charge in [0, 0.05) is 16.9 Å². The number of nitrogens with one attached hydrogen (secondary N) is 2. The molecule has 0 bridgehead atoms. The number of carbonyl (C=O) groups excluding carboxylic acids is 2. The minimum atomic E-state index is -0.688. The highest BCUT2D eigenvalue weighted by Gasteiger charge is 2.21. The smallest absolute Gasteiger partial charge is 0.355 e. The summed E-state index contributed by atoms with van der Waals surface area (Å²) in [7, 11) is 0. The first-order valence-electron chi connectivity index (χ1n) is 8.26. The van der Waals surface area contributed by atoms with Crippen LogP contribution in [0, 0.1) is 13.8 Å². The highest BCUT2D eigenvalue weighted by atomic mass is 16.5. The summed E-state index contributed by atoms with van der Waals surface area (Å²) in [5.41, 5.74) is 4.10. The Labute approximate surface area is 147 Å². The van der Waals surface area contributed by atoms with Gasteiger partial charge >= 0.3 is 5.97 Å². The van der Waals surface area contributed by atoms with Gasteiger partial charge in [-0.25, -0.2) is 4.79 Å². The van der Waals surface area contributed by atoms with E-state index >= 15 is 0 Å². The molecule has 0 saturated heterocycles. The van der Waals surface area contributed by atoms with Gasteiger partial charge in [0.1, 0.15) is 5.69 Å². The lowest BCUT2D eigenvalue weighted by molar-refractivity contribution is -0.119. The minimum absolute atomic E-state index is 0.258. The predicted molar refractivity (Wildman–Crippen MR) is 95.6 cm³/mol. The number of carbonyl (C=O) groups is 2. The van der Waals surface area contributed by atoms with Crippen molar-refractivity contribution in [3.63, 3.8) is 0 Å². The summed E-state index contributed by atoms with van der Waals surface area (Å²) in [6.07, 6.45) is 0.238. The molecule has 1 aromatic carbocycles. The van der Waals surface area contributed by atoms with Crippen LogP contribution in [0.15, 0.2) is 24.3 Å². The van der Waals surface area contributed by atoms with Crippen LogP contribution in [0.5, 0.6) is 0 Å². The zero-order valence-electron chi connectivity index (χ0n) is 15.0. The second kappa shape index (κ2) is 7.98. The van der Waals surface area contributed by atoms with Crippen LogP contribution in [0.3, 0.4) is 0 Å². The maximum absolute atomic E-state index is 12.2. The van der Waals surface area contributed by atoms with Crippen molar-refractivity contribution in [1.29, 1.82) is 0 Å². The van der Waals surface area contributed by atoms with Crippen molar-refractivity contribution >= 4 is 17.6 Å². The number of aryl methyl sites for hydroxylation is 2. The monoisotopic (exact) mass is 344 g/mol. The molecular weight excluding hydrogens is 320 g/mol. The lowest BCUT2D eigenvalue weighted by Gasteiger charge is -2.08. The average Bonchev–Trinajstić information content (AvgIpc) is 2.88. The Morgan fingerprint density at radius 1 is 1.24 bits per heavy atom. The number of rotatable bonds is 6. The van der Waals surface area contributed by atoms with Crippen molar-refractivity contribution in [3.8, 4) is 0 Å². The fourth-order valence-corrected chi connectivity index (χ4v) is 2.82. The first kappa shape index (κ1) is 18.7. The van der Waals surface area contributed by atoms with Crippen LogP contribution < -0.4 is 5.32 Å². The number of amides is 1. The molecule has 25 heavy (non-hydrogen) atoms. The average molecular weight is 344 g/mol. The molecule has 2 rings (SSSR count). The van der Waals surface area contributed by atoms with Crippen LogP contribution in [0.1, 0.15) is 52.8 Å². The van der Waals surface area contributed by atoms with E-state index in [0.717, 1.165) is 6.42 Å². The molecule has 2 aromatic rings. The van der Waals surface area contributed by atoms with E-state index in [1.807, 2.05) is 24.3 Å². The quantitative estimate of drug-likeness (QED) is 0.702. The number of aromatic nitrogens is 1. The zero-order chi connectivity index (χ0) is 18.6. The maximum atomic E-state index is 12.2. The van der Waals surface area contributed by atoms with Crippen molar-refractivity contribution < 1.29 is 19.4 Å². The summed E-state index contributed by atoms with van der Waals surface area (Å²) in [5.74, 6) is -1.03. The molecule has 0 radical (unpaired) electrons. The Morgan fingerprint density at radius 3 is 2.40 bits per heavy atom. The first-order chi connectivity index (χ1) is 11.8. The summed E-state index contributed by atoms with van der Waals surface area (Å²) >= 11 is 0. The van der Waals surface area contributed by atoms with Crippen LogP contribution in [-0.4, -0.2) is 28.6 Å². The molecule has 0 aliphatic heterocycles. The Kier molecular flexibility index (Phi) is 5.98. The van der Waals surface area contributed by atoms with Gasteiger partial charge < -0.3 is 20.1 Å². The number of aliphatic hydroxyl groups is 1. The molecule has 6 heteroatoms. The zero-order valence-corrected chi connectivity index (χ0v) is 15.0. The summed E-state index contributed by atoms with van der Waals surface area (Å²) < 4.78 is 5.07. The van der Waals surface area contributed by atoms with Crippen LogP contribution in [0.4, 0.5) is 5.69 Å². The molecule has 134 valence electrons. The number of esters is 1. The molecule has 3 N–H and O–H groups in total. The van der Waals surface area contributed by atoms with Gasteiger partial charge in [-0.3, -0.25) is 4.79 Å². The van der Waals surface area contributed by atoms with E-state index in [9.17, 15) is 14.7 Å². The van der Waals surface area contributed by atoms with Crippen molar-refractivity contribution in [2.24, 2.45) is 0 Å². The minimum Gasteiger partial charge on any atom is -0.451 e. The van der Waals surface area contributed by atoms with Crippen LogP contribution in [0.25, 0.3) is 0 Å². The van der Waals surface area contributed by atoms with Crippen LogP contribution in [-0.2, 0) is 16.0 Å². The number of ether oxygens (including phenoxy) is 1. The van der Waals surface area contributed by atoms with E-state index in [1.165, 1.54) is 5.56 Å². The Balaban J connectivity index is 1.95. The number of H-pyrrole nitrogens is 1. The van der Waals surface area contributed by atoms with Crippen molar-refractivity contribution in [3.05, 3.63) is 52.3 Å². The van der Waals surface area contributed by atoms with Gasteiger partial charge in [-0.05, 0) is 50.5 Å². The predicted octanol–water partition coefficient (Wildman–Crippen LogP) is 3.04. The molecule has 0 fully saturated rings. The maximum Gasteiger partial charge on any atom is 0.355 e. The molecule has 0 aliphatic carbocycles. The van der Waals surface area contributed by atoms with Gasteiger partial charge in [-0.2, -0.15) is 0 Å². The molecule has 1 aromatic heterocycles. The van der Waals surface area contributed by atoms with E-state index < -0.39 is 18.0 Å². The highest BCUT2D eigenvalue weighted by molar-refractivity contribution is 5.95. The summed E-state index contributed by atoms with van der Waals surface area (Å²) in [6.45, 7) is 6.82. The van der Waals surface area contributed by atoms with Crippen molar-refractivity contribution in [2.45, 2.75) is 40.2 Å². The molecule has 0 saturated carbocycles. The standard InChI is InChI=1S/C19H24N2O4/c1-5-14-6-8-15(9-7-14)21-16(23)10-25-19(24)18-11(2)17(13(4)22)12(3)20-18/h6-9,13,20,22H,5,10H2,1-4H3,(H,21,23)/t13-/m0/s1. The highest BCUT2D eigenvalue weighted by Crippen LogP contribution is 2.24. The molecular formula is C19H24N2O4. The Bertz CT molecular complexity index is 760. The third-order valence-electron chi connectivity index (χ3n) is 4.10. The van der Waals surface area contributed by atoms with Crippen molar-refractivity contribution in [2.75, 3.05) is 11.9 Å². The van der Waals surface area contributed by atoms with Gasteiger partial charge in [0.25, 0.3) is 5.91 Å². The number of hydrogen-bond acceptors (Lipinski definition) is 4. The van der Waals surface area contributed by atoms with E-state index in [4.69, 9.17) is 4.74 Å². The number of benzene rings is 1. The second-order valence-corrected chi connectivity index (χ2v) is 6.01. The fourth-order valence-electron chi connectivity index (χ4n) is 2.82. The van der Waals surface area contributed by atoms with E-state index in [1.54, 1.807) is 20.8 Å². The van der Waals surface area contributed by atoms with Crippen molar-refractivity contribution in [1.82, 2.24) is 4.98 Å². The number of aliphatic hydroxyl groups excluding tert-OH is 1. The van der Waals surface area contributed by atoms with E-state index in [0.29, 0.717) is 22.5 Å². The van der Waals surface area contributed by atoms with Gasteiger partial charge in [0.2, 0.25) is 0 Å². The molecule has 0 unspecified atom stereocenters. The van der Waals surface area contributed by atoms with Gasteiger partial charge in [0.15, 0.2) is 6.61 Å². The van der Waals surface area contributed by atoms with Crippen LogP contribution >= 0.6 is 0 Å². The number of aromatic amines is 1. The van der Waals surface area contributed by atoms with E-state index in [2.05, 4.69) is 17.2 Å². The number of anilines is 1. The third kappa shape index (κ3) is 4.48. The molecule has 1 atom stereocenters. The lowest BCUT2D eigenvalue weighted by Crippen LogP contribution is -2.21. The lowest BCUT2D eigenvalue weighted by atomic mass is 10.1. The Hall–Kier alpha value is -2.60. The second-order valence-electron chi connectivity index (χ2n) is 6.01. The SMILES string of the molecule is CCc1ccc(NC(=O)COC(=O)c2[nH]c(C)c([C@H](C)O)c2C)cc1. The summed E-state index contributed by atoms with van der Waals surface area (Å²) in [4.78, 5) is 27.0. The first-order valence-corrected chi connectivity index (χ1v) is 8.26. The Morgan fingerprint density at radius 2 is 1.88 bits per heavy atom. The number of hydrogen-bond donors (Lipinski definition) is 3. The topological polar surface area (TPSA) is 91.4 Å². The third-order valence-corrected chi connectivity index (χ3v) is 4.10. The fraction of sp³-hybridized carbons (Fsp3) is 0.368. The van der Waals surface area contributed by atoms with Gasteiger partial charge in [-0.1, -0.05) is 19.1 Å².